The maximum atomic E-state index is 12.3. The zero-order valence-corrected chi connectivity index (χ0v) is 17.7. The second kappa shape index (κ2) is 10.3. The summed E-state index contributed by atoms with van der Waals surface area (Å²) in [7, 11) is -3.41. The Labute approximate surface area is 187 Å². The van der Waals surface area contributed by atoms with Gasteiger partial charge in [-0.05, 0) is 12.1 Å². The monoisotopic (exact) mass is 475 g/mol. The van der Waals surface area contributed by atoms with E-state index in [2.05, 4.69) is 0 Å². The number of phenols is 1. The molecule has 33 heavy (non-hydrogen) atoms. The molecule has 172 valence electrons. The van der Waals surface area contributed by atoms with Gasteiger partial charge in [-0.1, -0.05) is 36.4 Å². The van der Waals surface area contributed by atoms with Crippen LogP contribution in [0, 0.1) is 10.1 Å². The smallest absolute Gasteiger partial charge is 0.335 e. The van der Waals surface area contributed by atoms with Crippen LogP contribution in [0.3, 0.4) is 0 Å². The number of carboxylic acids is 1. The first-order valence-corrected chi connectivity index (χ1v) is 10.4. The number of nitrogens with zero attached hydrogens (tertiary/aromatic N) is 1. The van der Waals surface area contributed by atoms with Crippen LogP contribution in [0.4, 0.5) is 5.69 Å². The van der Waals surface area contributed by atoms with Gasteiger partial charge in [0.2, 0.25) is 0 Å². The van der Waals surface area contributed by atoms with Crippen molar-refractivity contribution in [1.29, 1.82) is 0 Å². The number of carboxylic acid groups (broad SMARTS) is 1. The van der Waals surface area contributed by atoms with Gasteiger partial charge in [0.1, 0.15) is 16.4 Å². The molecule has 0 aromatic heterocycles. The summed E-state index contributed by atoms with van der Waals surface area (Å²) in [6.45, 7) is 0. The lowest BCUT2D eigenvalue weighted by molar-refractivity contribution is -0.384. The number of phenolic OH excluding ortho intramolecular Hbond substituents is 1. The quantitative estimate of drug-likeness (QED) is 0.207. The minimum Gasteiger partial charge on any atom is -0.507 e. The van der Waals surface area contributed by atoms with Crippen LogP contribution in [0.5, 0.6) is 11.5 Å². The zero-order chi connectivity index (χ0) is 24.8. The highest BCUT2D eigenvalue weighted by atomic mass is 32.2. The lowest BCUT2D eigenvalue weighted by Crippen LogP contribution is -2.07. The van der Waals surface area contributed by atoms with E-state index in [1.54, 1.807) is 18.2 Å². The lowest BCUT2D eigenvalue weighted by Gasteiger charge is -2.10. The number of hydrogen-bond acceptors (Lipinski definition) is 8. The Kier molecular flexibility index (Phi) is 7.83. The predicted octanol–water partition coefficient (Wildman–Crippen LogP) is 3.17. The average molecular weight is 475 g/mol. The molecule has 0 heterocycles. The molecule has 3 rings (SSSR count). The van der Waals surface area contributed by atoms with Crippen molar-refractivity contribution in [3.05, 3.63) is 93.5 Å². The molecule has 0 radical (unpaired) electrons. The van der Waals surface area contributed by atoms with Crippen molar-refractivity contribution >= 4 is 27.6 Å². The Morgan fingerprint density at radius 2 is 1.58 bits per heavy atom. The Morgan fingerprint density at radius 1 is 0.970 bits per heavy atom. The Balaban J connectivity index is 0.000000273. The molecule has 0 aliphatic carbocycles. The fraction of sp³-hybridized carbons (Fsp3) is 0.0476. The molecule has 0 amide bonds. The number of methoxy groups -OCH3 is 1. The first-order valence-electron chi connectivity index (χ1n) is 8.91. The van der Waals surface area contributed by atoms with Gasteiger partial charge in [0.05, 0.1) is 23.2 Å². The number of aromatic hydroxyl groups is 1. The molecule has 0 unspecified atom stereocenters. The van der Waals surface area contributed by atoms with E-state index in [9.17, 15) is 33.2 Å². The molecule has 0 saturated heterocycles. The highest BCUT2D eigenvalue weighted by Crippen LogP contribution is 2.32. The van der Waals surface area contributed by atoms with Crippen molar-refractivity contribution in [2.75, 3.05) is 7.11 Å². The van der Waals surface area contributed by atoms with E-state index in [4.69, 9.17) is 14.4 Å². The standard InChI is InChI=1S/C14H12O6S.C7H5NO4/c1-20-12-8-11(15)10(7-13(12)21(17,18)19)14(16)9-5-3-2-4-6-9;9-7(10)5-2-1-3-6(4-5)8(11)12/h2-8,15H,1H3,(H,17,18,19);1-4H,(H,9,10). The van der Waals surface area contributed by atoms with E-state index in [0.717, 1.165) is 18.2 Å². The summed E-state index contributed by atoms with van der Waals surface area (Å²) >= 11 is 0. The predicted molar refractivity (Wildman–Crippen MR) is 114 cm³/mol. The largest absolute Gasteiger partial charge is 0.507 e. The van der Waals surface area contributed by atoms with Crippen molar-refractivity contribution in [1.82, 2.24) is 0 Å². The number of ether oxygens (including phenoxy) is 1. The molecule has 0 saturated carbocycles. The Bertz CT molecular complexity index is 1270. The second-order valence-corrected chi connectivity index (χ2v) is 7.69. The molecule has 0 spiro atoms. The molecule has 3 aromatic rings. The van der Waals surface area contributed by atoms with Gasteiger partial charge in [0.25, 0.3) is 15.8 Å². The van der Waals surface area contributed by atoms with E-state index in [1.807, 2.05) is 0 Å². The number of ketones is 1. The van der Waals surface area contributed by atoms with E-state index in [0.29, 0.717) is 0 Å². The van der Waals surface area contributed by atoms with E-state index >= 15 is 0 Å². The van der Waals surface area contributed by atoms with Crippen LogP contribution < -0.4 is 4.74 Å². The van der Waals surface area contributed by atoms with Gasteiger partial charge in [-0.15, -0.1) is 0 Å². The topological polar surface area (TPSA) is 181 Å². The normalized spacial score (nSPS) is 10.5. The zero-order valence-electron chi connectivity index (χ0n) is 16.9. The molecule has 11 nitrogen and oxygen atoms in total. The third-order valence-electron chi connectivity index (χ3n) is 4.14. The molecule has 0 fully saturated rings. The van der Waals surface area contributed by atoms with Crippen LogP contribution in [-0.2, 0) is 10.1 Å². The minimum atomic E-state index is -4.59. The van der Waals surface area contributed by atoms with Crippen molar-refractivity contribution in [2.24, 2.45) is 0 Å². The van der Waals surface area contributed by atoms with Crippen LogP contribution in [0.2, 0.25) is 0 Å². The van der Waals surface area contributed by atoms with E-state index < -0.39 is 37.4 Å². The third kappa shape index (κ3) is 6.35. The maximum Gasteiger partial charge on any atom is 0.335 e. The van der Waals surface area contributed by atoms with Gasteiger partial charge >= 0.3 is 5.97 Å². The number of carbonyl (C=O) groups excluding carboxylic acids is 1. The van der Waals surface area contributed by atoms with Crippen LogP contribution in [0.1, 0.15) is 26.3 Å². The average Bonchev–Trinajstić information content (AvgIpc) is 2.78. The summed E-state index contributed by atoms with van der Waals surface area (Å²) in [5, 5.41) is 28.5. The maximum absolute atomic E-state index is 12.3. The fourth-order valence-corrected chi connectivity index (χ4v) is 3.25. The molecular weight excluding hydrogens is 458 g/mol. The molecule has 0 aliphatic rings. The highest BCUT2D eigenvalue weighted by Gasteiger charge is 2.23. The summed E-state index contributed by atoms with van der Waals surface area (Å²) < 4.78 is 36.6. The molecule has 3 N–H and O–H groups in total. The number of hydrogen-bond donors (Lipinski definition) is 3. The molecule has 12 heteroatoms. The molecule has 3 aromatic carbocycles. The highest BCUT2D eigenvalue weighted by molar-refractivity contribution is 7.86. The number of carbonyl (C=O) groups is 2. The van der Waals surface area contributed by atoms with Crippen LogP contribution in [0.15, 0.2) is 71.6 Å². The number of aromatic carboxylic acids is 1. The van der Waals surface area contributed by atoms with E-state index in [1.165, 1.54) is 37.4 Å². The number of non-ortho nitro benzene ring substituents is 1. The number of benzene rings is 3. The van der Waals surface area contributed by atoms with Gasteiger partial charge in [0, 0.05) is 23.8 Å². The molecule has 0 atom stereocenters. The Morgan fingerprint density at radius 3 is 2.09 bits per heavy atom. The van der Waals surface area contributed by atoms with Gasteiger partial charge in [-0.2, -0.15) is 8.42 Å². The summed E-state index contributed by atoms with van der Waals surface area (Å²) in [6, 6.07) is 14.8. The SMILES string of the molecule is COc1cc(O)c(C(=O)c2ccccc2)cc1S(=O)(=O)O.O=C(O)c1cccc([N+](=O)[O-])c1. The van der Waals surface area contributed by atoms with Crippen molar-refractivity contribution in [2.45, 2.75) is 4.90 Å². The van der Waals surface area contributed by atoms with Gasteiger partial charge < -0.3 is 14.9 Å². The van der Waals surface area contributed by atoms with Gasteiger partial charge in [0.15, 0.2) is 5.78 Å². The molecule has 0 aliphatic heterocycles. The van der Waals surface area contributed by atoms with Crippen LogP contribution >= 0.6 is 0 Å². The lowest BCUT2D eigenvalue weighted by atomic mass is 10.0. The second-order valence-electron chi connectivity index (χ2n) is 6.30. The summed E-state index contributed by atoms with van der Waals surface area (Å²) in [5.41, 5.74) is -0.257. The van der Waals surface area contributed by atoms with Crippen molar-refractivity contribution in [3.63, 3.8) is 0 Å². The number of rotatable bonds is 6. The first-order chi connectivity index (χ1) is 15.5. The van der Waals surface area contributed by atoms with E-state index in [-0.39, 0.29) is 28.1 Å². The van der Waals surface area contributed by atoms with Crippen molar-refractivity contribution < 1.29 is 42.4 Å². The van der Waals surface area contributed by atoms with Crippen molar-refractivity contribution in [3.8, 4) is 11.5 Å². The number of nitro benzene ring substituents is 1. The van der Waals surface area contributed by atoms with Crippen LogP contribution in [0.25, 0.3) is 0 Å². The Hall–Kier alpha value is -4.29. The summed E-state index contributed by atoms with van der Waals surface area (Å²) in [5.74, 6) is -2.42. The minimum absolute atomic E-state index is 0.0794. The first kappa shape index (κ1) is 25.0. The van der Waals surface area contributed by atoms with Gasteiger partial charge in [-0.3, -0.25) is 19.5 Å². The summed E-state index contributed by atoms with van der Waals surface area (Å²) in [4.78, 5) is 31.6. The van der Waals surface area contributed by atoms with Gasteiger partial charge in [-0.25, -0.2) is 4.79 Å². The van der Waals surface area contributed by atoms with Crippen LogP contribution in [-0.4, -0.2) is 47.0 Å². The third-order valence-corrected chi connectivity index (χ3v) is 5.02. The fourth-order valence-electron chi connectivity index (χ4n) is 2.59. The summed E-state index contributed by atoms with van der Waals surface area (Å²) in [6.07, 6.45) is 0. The molecular formula is C21H17NO10S. The molecule has 0 bridgehead atoms. The number of nitro groups is 1.